The molecule has 1 aromatic carbocycles. The molecule has 6 nitrogen and oxygen atoms in total. The highest BCUT2D eigenvalue weighted by Gasteiger charge is 2.16. The first-order chi connectivity index (χ1) is 9.51. The zero-order chi connectivity index (χ0) is 14.6. The standard InChI is InChI=1S/C12H15N3O3S2/c1-9-3-5-10(6-4-9)20(16,17)15-12-14-13-11(19-12)7-8-18-2/h3-6H,7-8H2,1-2H3,(H,14,15). The Bertz CT molecular complexity index is 666. The number of hydrogen-bond acceptors (Lipinski definition) is 6. The van der Waals surface area contributed by atoms with E-state index in [-0.39, 0.29) is 10.0 Å². The highest BCUT2D eigenvalue weighted by molar-refractivity contribution is 7.93. The zero-order valence-electron chi connectivity index (χ0n) is 11.2. The lowest BCUT2D eigenvalue weighted by molar-refractivity contribution is 0.202. The van der Waals surface area contributed by atoms with Gasteiger partial charge in [0.2, 0.25) is 5.13 Å². The first kappa shape index (κ1) is 14.9. The first-order valence-corrected chi connectivity index (χ1v) is 8.22. The molecule has 0 unspecified atom stereocenters. The molecule has 2 rings (SSSR count). The van der Waals surface area contributed by atoms with Gasteiger partial charge in [-0.1, -0.05) is 29.0 Å². The molecule has 0 aliphatic carbocycles. The van der Waals surface area contributed by atoms with Crippen LogP contribution in [0.1, 0.15) is 10.6 Å². The molecule has 0 atom stereocenters. The number of benzene rings is 1. The van der Waals surface area contributed by atoms with Crippen molar-refractivity contribution in [3.63, 3.8) is 0 Å². The number of rotatable bonds is 6. The molecule has 0 aliphatic rings. The lowest BCUT2D eigenvalue weighted by atomic mass is 10.2. The minimum atomic E-state index is -3.61. The molecule has 0 saturated heterocycles. The van der Waals surface area contributed by atoms with Crippen molar-refractivity contribution in [2.45, 2.75) is 18.2 Å². The second-order valence-electron chi connectivity index (χ2n) is 4.16. The van der Waals surface area contributed by atoms with E-state index in [1.165, 1.54) is 11.3 Å². The van der Waals surface area contributed by atoms with E-state index in [2.05, 4.69) is 14.9 Å². The molecule has 0 saturated carbocycles. The maximum Gasteiger partial charge on any atom is 0.263 e. The van der Waals surface area contributed by atoms with Crippen molar-refractivity contribution in [2.75, 3.05) is 18.4 Å². The van der Waals surface area contributed by atoms with Gasteiger partial charge in [-0.05, 0) is 19.1 Å². The van der Waals surface area contributed by atoms with Crippen LogP contribution < -0.4 is 4.72 Å². The Balaban J connectivity index is 2.12. The number of aromatic nitrogens is 2. The van der Waals surface area contributed by atoms with E-state index < -0.39 is 10.0 Å². The van der Waals surface area contributed by atoms with Gasteiger partial charge in [0.1, 0.15) is 5.01 Å². The predicted octanol–water partition coefficient (Wildman–Crippen LogP) is 1.84. The summed E-state index contributed by atoms with van der Waals surface area (Å²) in [6.07, 6.45) is 0.612. The number of nitrogens with zero attached hydrogens (tertiary/aromatic N) is 2. The fraction of sp³-hybridized carbons (Fsp3) is 0.333. The fourth-order valence-corrected chi connectivity index (χ4v) is 3.43. The van der Waals surface area contributed by atoms with Gasteiger partial charge in [0.25, 0.3) is 10.0 Å². The smallest absolute Gasteiger partial charge is 0.263 e. The van der Waals surface area contributed by atoms with Crippen LogP contribution in [-0.2, 0) is 21.2 Å². The average molecular weight is 313 g/mol. The molecular formula is C12H15N3O3S2. The Morgan fingerprint density at radius 1 is 1.25 bits per heavy atom. The molecule has 8 heteroatoms. The SMILES string of the molecule is COCCc1nnc(NS(=O)(=O)c2ccc(C)cc2)s1. The van der Waals surface area contributed by atoms with E-state index in [1.807, 2.05) is 6.92 Å². The quantitative estimate of drug-likeness (QED) is 0.880. The molecule has 0 aliphatic heterocycles. The van der Waals surface area contributed by atoms with E-state index in [9.17, 15) is 8.42 Å². The molecule has 0 amide bonds. The third kappa shape index (κ3) is 3.75. The van der Waals surface area contributed by atoms with Crippen molar-refractivity contribution >= 4 is 26.5 Å². The Kier molecular flexibility index (Phi) is 4.69. The average Bonchev–Trinajstić information content (AvgIpc) is 2.83. The number of hydrogen-bond donors (Lipinski definition) is 1. The summed E-state index contributed by atoms with van der Waals surface area (Å²) in [6, 6.07) is 6.62. The maximum absolute atomic E-state index is 12.1. The monoisotopic (exact) mass is 313 g/mol. The van der Waals surface area contributed by atoms with E-state index in [4.69, 9.17) is 4.74 Å². The van der Waals surface area contributed by atoms with Crippen LogP contribution in [0.2, 0.25) is 0 Å². The fourth-order valence-electron chi connectivity index (χ4n) is 1.48. The van der Waals surface area contributed by atoms with Gasteiger partial charge in [0.05, 0.1) is 11.5 Å². The van der Waals surface area contributed by atoms with E-state index in [0.29, 0.717) is 13.0 Å². The molecular weight excluding hydrogens is 298 g/mol. The molecule has 108 valence electrons. The maximum atomic E-state index is 12.1. The minimum Gasteiger partial charge on any atom is -0.384 e. The third-order valence-electron chi connectivity index (χ3n) is 2.54. The Morgan fingerprint density at radius 3 is 2.60 bits per heavy atom. The summed E-state index contributed by atoms with van der Waals surface area (Å²) in [4.78, 5) is 0.205. The number of nitrogens with one attached hydrogen (secondary N) is 1. The van der Waals surface area contributed by atoms with Gasteiger partial charge >= 0.3 is 0 Å². The number of anilines is 1. The molecule has 0 bridgehead atoms. The van der Waals surface area contributed by atoms with Crippen molar-refractivity contribution in [3.05, 3.63) is 34.8 Å². The van der Waals surface area contributed by atoms with Gasteiger partial charge in [0.15, 0.2) is 0 Å². The van der Waals surface area contributed by atoms with E-state index in [0.717, 1.165) is 10.6 Å². The van der Waals surface area contributed by atoms with Gasteiger partial charge in [0, 0.05) is 13.5 Å². The van der Waals surface area contributed by atoms with Gasteiger partial charge < -0.3 is 4.74 Å². The Labute approximate surface area is 121 Å². The van der Waals surface area contributed by atoms with E-state index >= 15 is 0 Å². The molecule has 0 spiro atoms. The molecule has 20 heavy (non-hydrogen) atoms. The van der Waals surface area contributed by atoms with Gasteiger partial charge in [-0.15, -0.1) is 10.2 Å². The van der Waals surface area contributed by atoms with Crippen molar-refractivity contribution in [2.24, 2.45) is 0 Å². The summed E-state index contributed by atoms with van der Waals surface area (Å²) in [5.74, 6) is 0. The predicted molar refractivity (Wildman–Crippen MR) is 77.5 cm³/mol. The molecule has 1 heterocycles. The first-order valence-electron chi connectivity index (χ1n) is 5.92. The Hall–Kier alpha value is -1.51. The molecule has 0 fully saturated rings. The number of methoxy groups -OCH3 is 1. The molecule has 2 aromatic rings. The van der Waals surface area contributed by atoms with E-state index in [1.54, 1.807) is 31.4 Å². The summed E-state index contributed by atoms with van der Waals surface area (Å²) in [6.45, 7) is 2.43. The minimum absolute atomic E-state index is 0.205. The van der Waals surface area contributed by atoms with Crippen molar-refractivity contribution in [1.29, 1.82) is 0 Å². The third-order valence-corrected chi connectivity index (χ3v) is 4.92. The normalized spacial score (nSPS) is 11.5. The molecule has 1 aromatic heterocycles. The lowest BCUT2D eigenvalue weighted by Gasteiger charge is -2.04. The second-order valence-corrected chi connectivity index (χ2v) is 6.91. The van der Waals surface area contributed by atoms with Gasteiger partial charge in [-0.25, -0.2) is 8.42 Å². The second kappa shape index (κ2) is 6.29. The van der Waals surface area contributed by atoms with Crippen LogP contribution in [0.4, 0.5) is 5.13 Å². The van der Waals surface area contributed by atoms with Crippen LogP contribution in [0.25, 0.3) is 0 Å². The summed E-state index contributed by atoms with van der Waals surface area (Å²) in [5, 5.41) is 8.72. The number of aryl methyl sites for hydroxylation is 1. The summed E-state index contributed by atoms with van der Waals surface area (Å²) < 4.78 is 31.6. The Morgan fingerprint density at radius 2 is 1.95 bits per heavy atom. The van der Waals surface area contributed by atoms with Crippen LogP contribution in [0.5, 0.6) is 0 Å². The van der Waals surface area contributed by atoms with Crippen molar-refractivity contribution in [1.82, 2.24) is 10.2 Å². The summed E-state index contributed by atoms with van der Waals surface area (Å²) in [5.41, 5.74) is 1.00. The summed E-state index contributed by atoms with van der Waals surface area (Å²) >= 11 is 1.21. The topological polar surface area (TPSA) is 81.2 Å². The van der Waals surface area contributed by atoms with Crippen LogP contribution in [0.15, 0.2) is 29.2 Å². The summed E-state index contributed by atoms with van der Waals surface area (Å²) in [7, 11) is -2.01. The van der Waals surface area contributed by atoms with Crippen molar-refractivity contribution < 1.29 is 13.2 Å². The molecule has 1 N–H and O–H groups in total. The van der Waals surface area contributed by atoms with Crippen LogP contribution in [0.3, 0.4) is 0 Å². The lowest BCUT2D eigenvalue weighted by Crippen LogP contribution is -2.12. The van der Waals surface area contributed by atoms with Crippen LogP contribution in [-0.4, -0.2) is 32.3 Å². The molecule has 0 radical (unpaired) electrons. The highest BCUT2D eigenvalue weighted by atomic mass is 32.2. The largest absolute Gasteiger partial charge is 0.384 e. The zero-order valence-corrected chi connectivity index (χ0v) is 12.8. The highest BCUT2D eigenvalue weighted by Crippen LogP contribution is 2.20. The van der Waals surface area contributed by atoms with Crippen molar-refractivity contribution in [3.8, 4) is 0 Å². The van der Waals surface area contributed by atoms with Crippen LogP contribution >= 0.6 is 11.3 Å². The van der Waals surface area contributed by atoms with Gasteiger partial charge in [-0.2, -0.15) is 0 Å². The number of ether oxygens (including phenoxy) is 1. The van der Waals surface area contributed by atoms with Crippen LogP contribution in [0, 0.1) is 6.92 Å². The number of sulfonamides is 1. The van der Waals surface area contributed by atoms with Gasteiger partial charge in [-0.3, -0.25) is 4.72 Å².